The zero-order chi connectivity index (χ0) is 18.1. The number of aryl methyl sites for hydroxylation is 1. The monoisotopic (exact) mass is 341 g/mol. The number of hydrogen-bond acceptors (Lipinski definition) is 4. The van der Waals surface area contributed by atoms with Gasteiger partial charge in [-0.2, -0.15) is 0 Å². The number of amides is 1. The van der Waals surface area contributed by atoms with E-state index in [2.05, 4.69) is 10.5 Å². The molecule has 0 unspecified atom stereocenters. The Kier molecular flexibility index (Phi) is 4.31. The van der Waals surface area contributed by atoms with Gasteiger partial charge in [0.1, 0.15) is 17.9 Å². The number of nitrogens with zero attached hydrogens (tertiary/aromatic N) is 2. The van der Waals surface area contributed by atoms with E-state index in [1.165, 1.54) is 6.20 Å². The van der Waals surface area contributed by atoms with E-state index in [4.69, 9.17) is 4.52 Å². The third-order valence-corrected chi connectivity index (χ3v) is 4.01. The summed E-state index contributed by atoms with van der Waals surface area (Å²) in [6.07, 6.45) is 1.48. The van der Waals surface area contributed by atoms with Gasteiger partial charge in [0, 0.05) is 23.0 Å². The Labute approximate surface area is 144 Å². The number of para-hydroxylation sites is 1. The number of nitrogens with one attached hydrogen (secondary N) is 1. The largest absolute Gasteiger partial charge is 0.478 e. The van der Waals surface area contributed by atoms with Crippen LogP contribution >= 0.6 is 0 Å². The molecule has 0 atom stereocenters. The molecule has 0 aliphatic heterocycles. The molecule has 0 aliphatic carbocycles. The number of anilines is 1. The van der Waals surface area contributed by atoms with Crippen molar-refractivity contribution in [3.05, 3.63) is 47.5 Å². The van der Waals surface area contributed by atoms with Crippen molar-refractivity contribution in [1.29, 1.82) is 0 Å². The minimum atomic E-state index is -1.02. The molecule has 0 spiro atoms. The summed E-state index contributed by atoms with van der Waals surface area (Å²) in [6.45, 7) is 5.66. The van der Waals surface area contributed by atoms with Crippen LogP contribution in [0.1, 0.15) is 41.6 Å². The highest BCUT2D eigenvalue weighted by Crippen LogP contribution is 2.27. The molecule has 0 fully saturated rings. The first-order valence-corrected chi connectivity index (χ1v) is 7.95. The predicted octanol–water partition coefficient (Wildman–Crippen LogP) is 3.40. The predicted molar refractivity (Wildman–Crippen MR) is 92.9 cm³/mol. The van der Waals surface area contributed by atoms with Gasteiger partial charge >= 0.3 is 5.97 Å². The molecule has 0 saturated carbocycles. The molecule has 1 aromatic carbocycles. The molecular formula is C18H19N3O4. The third kappa shape index (κ3) is 3.13. The van der Waals surface area contributed by atoms with Crippen molar-refractivity contribution in [2.24, 2.45) is 0 Å². The van der Waals surface area contributed by atoms with Crippen molar-refractivity contribution in [3.63, 3.8) is 0 Å². The molecule has 1 amide bonds. The molecule has 3 aromatic rings. The van der Waals surface area contributed by atoms with Crippen molar-refractivity contribution < 1.29 is 19.2 Å². The average molecular weight is 341 g/mol. The standard InChI is InChI=1S/C18H19N3O4/c1-10(2)17-16(11(3)20-25-17)19-15(22)9-21-8-13(18(23)24)12-6-4-5-7-14(12)21/h4-8,10H,9H2,1-3H3,(H,19,22)(H,23,24). The fourth-order valence-corrected chi connectivity index (χ4v) is 2.82. The maximum Gasteiger partial charge on any atom is 0.337 e. The summed E-state index contributed by atoms with van der Waals surface area (Å²) in [6, 6.07) is 7.10. The topological polar surface area (TPSA) is 97.4 Å². The SMILES string of the molecule is Cc1noc(C(C)C)c1NC(=O)Cn1cc(C(=O)O)c2ccccc21. The Morgan fingerprint density at radius 1 is 1.32 bits per heavy atom. The van der Waals surface area contributed by atoms with Crippen molar-refractivity contribution in [1.82, 2.24) is 9.72 Å². The molecule has 0 radical (unpaired) electrons. The van der Waals surface area contributed by atoms with Gasteiger partial charge in [-0.25, -0.2) is 4.79 Å². The zero-order valence-corrected chi connectivity index (χ0v) is 14.2. The third-order valence-electron chi connectivity index (χ3n) is 4.01. The van der Waals surface area contributed by atoms with Gasteiger partial charge in [-0.1, -0.05) is 37.2 Å². The Balaban J connectivity index is 1.89. The normalized spacial score (nSPS) is 11.2. The lowest BCUT2D eigenvalue weighted by atomic mass is 10.1. The molecule has 3 rings (SSSR count). The van der Waals surface area contributed by atoms with Gasteiger partial charge in [0.15, 0.2) is 5.76 Å². The lowest BCUT2D eigenvalue weighted by molar-refractivity contribution is -0.116. The van der Waals surface area contributed by atoms with Crippen molar-refractivity contribution in [3.8, 4) is 0 Å². The molecule has 130 valence electrons. The number of aromatic carboxylic acids is 1. The van der Waals surface area contributed by atoms with Crippen LogP contribution in [-0.4, -0.2) is 26.7 Å². The summed E-state index contributed by atoms with van der Waals surface area (Å²) in [5.41, 5.74) is 2.06. The molecule has 2 N–H and O–H groups in total. The summed E-state index contributed by atoms with van der Waals surface area (Å²) < 4.78 is 6.90. The molecule has 25 heavy (non-hydrogen) atoms. The summed E-state index contributed by atoms with van der Waals surface area (Å²) in [7, 11) is 0. The van der Waals surface area contributed by atoms with E-state index in [0.717, 1.165) is 0 Å². The lowest BCUT2D eigenvalue weighted by Gasteiger charge is -2.09. The second-order valence-corrected chi connectivity index (χ2v) is 6.20. The van der Waals surface area contributed by atoms with Crippen molar-refractivity contribution >= 4 is 28.5 Å². The summed E-state index contributed by atoms with van der Waals surface area (Å²) in [5, 5.41) is 16.7. The van der Waals surface area contributed by atoms with Crippen molar-refractivity contribution in [2.45, 2.75) is 33.2 Å². The fourth-order valence-electron chi connectivity index (χ4n) is 2.82. The molecule has 0 bridgehead atoms. The number of carbonyl (C=O) groups is 2. The van der Waals surface area contributed by atoms with Crippen LogP contribution in [0.15, 0.2) is 35.0 Å². The number of carboxylic acids is 1. The van der Waals surface area contributed by atoms with Gasteiger partial charge in [-0.3, -0.25) is 4.79 Å². The lowest BCUT2D eigenvalue weighted by Crippen LogP contribution is -2.19. The molecule has 0 aliphatic rings. The maximum atomic E-state index is 12.5. The number of aromatic nitrogens is 2. The Hall–Kier alpha value is -3.09. The van der Waals surface area contributed by atoms with E-state index >= 15 is 0 Å². The second-order valence-electron chi connectivity index (χ2n) is 6.20. The zero-order valence-electron chi connectivity index (χ0n) is 14.2. The van der Waals surface area contributed by atoms with Crippen LogP contribution in [0.5, 0.6) is 0 Å². The van der Waals surface area contributed by atoms with Crippen LogP contribution in [0.2, 0.25) is 0 Å². The molecule has 7 nitrogen and oxygen atoms in total. The van der Waals surface area contributed by atoms with E-state index in [1.54, 1.807) is 29.7 Å². The number of carbonyl (C=O) groups excluding carboxylic acids is 1. The van der Waals surface area contributed by atoms with Crippen LogP contribution in [-0.2, 0) is 11.3 Å². The van der Waals surface area contributed by atoms with E-state index in [1.807, 2.05) is 19.9 Å². The quantitative estimate of drug-likeness (QED) is 0.741. The van der Waals surface area contributed by atoms with Gasteiger partial charge < -0.3 is 19.5 Å². The summed E-state index contributed by atoms with van der Waals surface area (Å²) in [4.78, 5) is 23.9. The average Bonchev–Trinajstić information content (AvgIpc) is 3.10. The Bertz CT molecular complexity index is 953. The smallest absolute Gasteiger partial charge is 0.337 e. The molecular weight excluding hydrogens is 322 g/mol. The van der Waals surface area contributed by atoms with Crippen LogP contribution < -0.4 is 5.32 Å². The molecule has 2 heterocycles. The number of rotatable bonds is 5. The first kappa shape index (κ1) is 16.8. The van der Waals surface area contributed by atoms with E-state index in [-0.39, 0.29) is 23.9 Å². The number of carboxylic acid groups (broad SMARTS) is 1. The van der Waals surface area contributed by atoms with Crippen LogP contribution in [0, 0.1) is 6.92 Å². The number of fused-ring (bicyclic) bond motifs is 1. The van der Waals surface area contributed by atoms with Gasteiger partial charge in [-0.05, 0) is 13.0 Å². The Morgan fingerprint density at radius 2 is 2.04 bits per heavy atom. The maximum absolute atomic E-state index is 12.5. The molecule has 2 aromatic heterocycles. The van der Waals surface area contributed by atoms with Crippen LogP contribution in [0.25, 0.3) is 10.9 Å². The minimum absolute atomic E-state index is 0.00402. The van der Waals surface area contributed by atoms with Gasteiger partial charge in [0.25, 0.3) is 0 Å². The minimum Gasteiger partial charge on any atom is -0.478 e. The highest BCUT2D eigenvalue weighted by Gasteiger charge is 2.20. The van der Waals surface area contributed by atoms with E-state index < -0.39 is 5.97 Å². The first-order chi connectivity index (χ1) is 11.9. The van der Waals surface area contributed by atoms with E-state index in [9.17, 15) is 14.7 Å². The highest BCUT2D eigenvalue weighted by atomic mass is 16.5. The van der Waals surface area contributed by atoms with Gasteiger partial charge in [-0.15, -0.1) is 0 Å². The summed E-state index contributed by atoms with van der Waals surface area (Å²) in [5.74, 6) is -0.588. The number of benzene rings is 1. The fraction of sp³-hybridized carbons (Fsp3) is 0.278. The highest BCUT2D eigenvalue weighted by molar-refractivity contribution is 6.04. The Morgan fingerprint density at radius 3 is 2.72 bits per heavy atom. The van der Waals surface area contributed by atoms with Gasteiger partial charge in [0.2, 0.25) is 5.91 Å². The molecule has 0 saturated heterocycles. The van der Waals surface area contributed by atoms with Crippen LogP contribution in [0.3, 0.4) is 0 Å². The van der Waals surface area contributed by atoms with E-state index in [0.29, 0.717) is 28.0 Å². The van der Waals surface area contributed by atoms with Crippen molar-refractivity contribution in [2.75, 3.05) is 5.32 Å². The first-order valence-electron chi connectivity index (χ1n) is 7.95. The summed E-state index contributed by atoms with van der Waals surface area (Å²) >= 11 is 0. The molecule has 7 heteroatoms. The van der Waals surface area contributed by atoms with Gasteiger partial charge in [0.05, 0.1) is 5.56 Å². The second kappa shape index (κ2) is 6.43. The van der Waals surface area contributed by atoms with Crippen LogP contribution in [0.4, 0.5) is 5.69 Å². The number of hydrogen-bond donors (Lipinski definition) is 2.